The molecule has 0 saturated carbocycles. The van der Waals surface area contributed by atoms with Gasteiger partial charge in [0.15, 0.2) is 12.0 Å². The highest BCUT2D eigenvalue weighted by molar-refractivity contribution is 5.84. The number of carbonyl (C=O) groups is 1. The summed E-state index contributed by atoms with van der Waals surface area (Å²) in [5.74, 6) is 1.05. The molecule has 0 spiro atoms. The van der Waals surface area contributed by atoms with Crippen LogP contribution >= 0.6 is 0 Å². The number of rotatable bonds is 8. The van der Waals surface area contributed by atoms with Crippen LogP contribution in [-0.4, -0.2) is 71.1 Å². The van der Waals surface area contributed by atoms with E-state index in [4.69, 9.17) is 0 Å². The van der Waals surface area contributed by atoms with E-state index in [1.54, 1.807) is 0 Å². The van der Waals surface area contributed by atoms with Gasteiger partial charge in [-0.1, -0.05) is 11.6 Å². The van der Waals surface area contributed by atoms with Crippen molar-refractivity contribution in [3.63, 3.8) is 0 Å². The molecule has 1 aromatic carbocycles. The van der Waals surface area contributed by atoms with Gasteiger partial charge in [0.25, 0.3) is 0 Å². The van der Waals surface area contributed by atoms with Crippen molar-refractivity contribution in [3.8, 4) is 6.07 Å². The van der Waals surface area contributed by atoms with E-state index in [-0.39, 0.29) is 6.04 Å². The summed E-state index contributed by atoms with van der Waals surface area (Å²) in [5, 5.41) is 17.4. The highest BCUT2D eigenvalue weighted by Crippen LogP contribution is 2.30. The fourth-order valence-corrected chi connectivity index (χ4v) is 4.94. The smallest absolute Gasteiger partial charge is 0.163 e. The Hall–Kier alpha value is -4.32. The van der Waals surface area contributed by atoms with E-state index in [2.05, 4.69) is 48.3 Å². The molecule has 38 heavy (non-hydrogen) atoms. The minimum Gasteiger partial charge on any atom is -0.376 e. The molecule has 3 heterocycles. The molecule has 1 atom stereocenters. The number of nitrogens with one attached hydrogen (secondary N) is 1. The molecule has 1 aliphatic heterocycles. The average Bonchev–Trinajstić information content (AvgIpc) is 3.34. The molecule has 4 rings (SSSR count). The van der Waals surface area contributed by atoms with Crippen LogP contribution in [0.3, 0.4) is 0 Å². The van der Waals surface area contributed by atoms with E-state index in [9.17, 15) is 10.1 Å². The predicted octanol–water partition coefficient (Wildman–Crippen LogP) is 3.97. The number of hydrogen-bond acceptors (Lipinski definition) is 8. The molecule has 198 valence electrons. The summed E-state index contributed by atoms with van der Waals surface area (Å²) < 4.78 is 1.83. The van der Waals surface area contributed by atoms with Gasteiger partial charge < -0.3 is 20.0 Å². The Kier molecular flexibility index (Phi) is 8.01. The third-order valence-corrected chi connectivity index (χ3v) is 6.89. The molecular formula is C29H36N8O. The van der Waals surface area contributed by atoms with Gasteiger partial charge in [-0.05, 0) is 56.2 Å². The fraction of sp³-hybridized carbons (Fsp3) is 0.379. The number of nitrogens with zero attached hydrogens (tertiary/aromatic N) is 7. The molecule has 0 bridgehead atoms. The standard InChI is InChI=1S/C29H36N8O/c1-20-13-23(19-38)26(25(14-20)22(3)33-27-8-7-21(2)32-28(27)16-30)15-29(34(4)5)37-11-9-36(10-12-37)24-17-31-35(6)18-24/h7-8,13-15,17-19,22,33H,9-12H2,1-6H3/b29-15+/t22-/m1/s1. The van der Waals surface area contributed by atoms with Crippen molar-refractivity contribution < 1.29 is 4.79 Å². The molecule has 3 aromatic rings. The number of hydrogen-bond donors (Lipinski definition) is 1. The van der Waals surface area contributed by atoms with Crippen LogP contribution in [-0.2, 0) is 7.05 Å². The van der Waals surface area contributed by atoms with Gasteiger partial charge in [0.05, 0.1) is 17.6 Å². The number of anilines is 2. The van der Waals surface area contributed by atoms with E-state index in [1.807, 2.05) is 77.2 Å². The number of piperazine rings is 1. The normalized spacial score (nSPS) is 14.7. The summed E-state index contributed by atoms with van der Waals surface area (Å²) in [4.78, 5) is 23.4. The molecule has 9 nitrogen and oxygen atoms in total. The van der Waals surface area contributed by atoms with Crippen molar-refractivity contribution in [2.45, 2.75) is 26.8 Å². The Labute approximate surface area is 225 Å². The van der Waals surface area contributed by atoms with Gasteiger partial charge in [-0.15, -0.1) is 0 Å². The van der Waals surface area contributed by atoms with Crippen LogP contribution in [0.5, 0.6) is 0 Å². The molecular weight excluding hydrogens is 476 g/mol. The largest absolute Gasteiger partial charge is 0.376 e. The Balaban J connectivity index is 1.66. The zero-order chi connectivity index (χ0) is 27.4. The number of aldehydes is 1. The van der Waals surface area contributed by atoms with Crippen molar-refractivity contribution in [2.75, 3.05) is 50.5 Å². The summed E-state index contributed by atoms with van der Waals surface area (Å²) in [6, 6.07) is 9.83. The van der Waals surface area contributed by atoms with Gasteiger partial charge >= 0.3 is 0 Å². The van der Waals surface area contributed by atoms with Crippen molar-refractivity contribution in [1.29, 1.82) is 5.26 Å². The topological polar surface area (TPSA) is 93.3 Å². The monoisotopic (exact) mass is 512 g/mol. The SMILES string of the molecule is Cc1cc(C=O)c(/C=C(\N(C)C)N2CCN(c3cnn(C)c3)CC2)c([C@@H](C)Nc2ccc(C)nc2C#N)c1. The summed E-state index contributed by atoms with van der Waals surface area (Å²) >= 11 is 0. The van der Waals surface area contributed by atoms with Crippen molar-refractivity contribution >= 4 is 23.7 Å². The number of aryl methyl sites for hydroxylation is 3. The zero-order valence-corrected chi connectivity index (χ0v) is 23.1. The lowest BCUT2D eigenvalue weighted by molar-refractivity contribution is 0.112. The van der Waals surface area contributed by atoms with Crippen LogP contribution in [0.25, 0.3) is 6.08 Å². The van der Waals surface area contributed by atoms with Gasteiger partial charge in [-0.2, -0.15) is 10.4 Å². The van der Waals surface area contributed by atoms with Gasteiger partial charge in [0, 0.05) is 70.8 Å². The van der Waals surface area contributed by atoms with E-state index in [1.165, 1.54) is 0 Å². The van der Waals surface area contributed by atoms with Crippen LogP contribution in [0.1, 0.15) is 51.4 Å². The van der Waals surface area contributed by atoms with Gasteiger partial charge in [-0.25, -0.2) is 4.98 Å². The average molecular weight is 513 g/mol. The second-order valence-corrected chi connectivity index (χ2v) is 10.0. The van der Waals surface area contributed by atoms with Crippen molar-refractivity contribution in [2.24, 2.45) is 7.05 Å². The number of aromatic nitrogens is 3. The minimum atomic E-state index is -0.165. The van der Waals surface area contributed by atoms with Crippen LogP contribution in [0.4, 0.5) is 11.4 Å². The zero-order valence-electron chi connectivity index (χ0n) is 23.1. The van der Waals surface area contributed by atoms with E-state index in [0.717, 1.165) is 66.4 Å². The second kappa shape index (κ2) is 11.4. The molecule has 1 N–H and O–H groups in total. The Bertz CT molecular complexity index is 1380. The van der Waals surface area contributed by atoms with E-state index < -0.39 is 0 Å². The lowest BCUT2D eigenvalue weighted by Gasteiger charge is -2.40. The molecule has 0 unspecified atom stereocenters. The van der Waals surface area contributed by atoms with Crippen LogP contribution in [0, 0.1) is 25.2 Å². The maximum atomic E-state index is 12.2. The van der Waals surface area contributed by atoms with Crippen LogP contribution in [0.15, 0.2) is 42.5 Å². The number of nitriles is 1. The highest BCUT2D eigenvalue weighted by Gasteiger charge is 2.23. The first-order valence-corrected chi connectivity index (χ1v) is 12.8. The molecule has 0 aliphatic carbocycles. The maximum Gasteiger partial charge on any atom is 0.163 e. The lowest BCUT2D eigenvalue weighted by atomic mass is 9.93. The first-order valence-electron chi connectivity index (χ1n) is 12.8. The third kappa shape index (κ3) is 5.80. The first kappa shape index (κ1) is 26.7. The van der Waals surface area contributed by atoms with Crippen LogP contribution < -0.4 is 10.2 Å². The number of pyridine rings is 1. The first-order chi connectivity index (χ1) is 18.2. The van der Waals surface area contributed by atoms with Gasteiger partial charge in [0.2, 0.25) is 0 Å². The van der Waals surface area contributed by atoms with Crippen molar-refractivity contribution in [1.82, 2.24) is 24.6 Å². The molecule has 9 heteroatoms. The molecule has 1 fully saturated rings. The highest BCUT2D eigenvalue weighted by atomic mass is 16.1. The Morgan fingerprint density at radius 1 is 1.18 bits per heavy atom. The third-order valence-electron chi connectivity index (χ3n) is 6.89. The molecule has 2 aromatic heterocycles. The Morgan fingerprint density at radius 2 is 1.92 bits per heavy atom. The van der Waals surface area contributed by atoms with Crippen molar-refractivity contribution in [3.05, 3.63) is 76.1 Å². The summed E-state index contributed by atoms with van der Waals surface area (Å²) in [6.45, 7) is 9.38. The summed E-state index contributed by atoms with van der Waals surface area (Å²) in [7, 11) is 6.00. The molecule has 0 amide bonds. The van der Waals surface area contributed by atoms with Gasteiger partial charge in [-0.3, -0.25) is 9.48 Å². The maximum absolute atomic E-state index is 12.2. The van der Waals surface area contributed by atoms with Gasteiger partial charge in [0.1, 0.15) is 11.9 Å². The lowest BCUT2D eigenvalue weighted by Crippen LogP contribution is -2.47. The number of benzene rings is 1. The molecule has 0 radical (unpaired) electrons. The predicted molar refractivity (Wildman–Crippen MR) is 151 cm³/mol. The minimum absolute atomic E-state index is 0.165. The fourth-order valence-electron chi connectivity index (χ4n) is 4.94. The number of carbonyl (C=O) groups excluding carboxylic acids is 1. The van der Waals surface area contributed by atoms with E-state index >= 15 is 0 Å². The Morgan fingerprint density at radius 3 is 2.53 bits per heavy atom. The molecule has 1 aliphatic rings. The second-order valence-electron chi connectivity index (χ2n) is 10.0. The summed E-state index contributed by atoms with van der Waals surface area (Å²) in [6.07, 6.45) is 7.00. The van der Waals surface area contributed by atoms with E-state index in [0.29, 0.717) is 16.9 Å². The van der Waals surface area contributed by atoms with Crippen LogP contribution in [0.2, 0.25) is 0 Å². The quantitative estimate of drug-likeness (QED) is 0.453. The molecule has 1 saturated heterocycles. The summed E-state index contributed by atoms with van der Waals surface area (Å²) in [5.41, 5.74) is 6.48.